The Kier molecular flexibility index (Phi) is 3.20. The van der Waals surface area contributed by atoms with Gasteiger partial charge < -0.3 is 15.1 Å². The average Bonchev–Trinajstić information content (AvgIpc) is 3.11. The van der Waals surface area contributed by atoms with Crippen molar-refractivity contribution in [1.82, 2.24) is 4.57 Å². The van der Waals surface area contributed by atoms with Crippen LogP contribution in [0.5, 0.6) is 0 Å². The fourth-order valence-corrected chi connectivity index (χ4v) is 2.90. The van der Waals surface area contributed by atoms with Gasteiger partial charge in [0, 0.05) is 41.0 Å². The van der Waals surface area contributed by atoms with E-state index in [2.05, 4.69) is 5.16 Å². The summed E-state index contributed by atoms with van der Waals surface area (Å²) >= 11 is 0. The number of benzene rings is 2. The molecule has 0 aliphatic carbocycles. The van der Waals surface area contributed by atoms with Crippen LogP contribution in [0, 0.1) is 0 Å². The van der Waals surface area contributed by atoms with Crippen LogP contribution in [0.3, 0.4) is 0 Å². The second kappa shape index (κ2) is 5.38. The number of carbonyl (C=O) groups is 1. The van der Waals surface area contributed by atoms with E-state index in [4.69, 9.17) is 10.6 Å². The van der Waals surface area contributed by atoms with Gasteiger partial charge in [-0.05, 0) is 24.3 Å². The predicted molar refractivity (Wildman–Crippen MR) is 94.4 cm³/mol. The topological polar surface area (TPSA) is 69.6 Å². The van der Waals surface area contributed by atoms with Crippen LogP contribution in [0.2, 0.25) is 0 Å². The summed E-state index contributed by atoms with van der Waals surface area (Å²) in [5.74, 6) is -0.449. The minimum atomic E-state index is -0.449. The molecule has 24 heavy (non-hydrogen) atoms. The molecule has 5 heteroatoms. The Labute approximate surface area is 138 Å². The van der Waals surface area contributed by atoms with Gasteiger partial charge in [0.25, 0.3) is 0 Å². The molecule has 0 fully saturated rings. The van der Waals surface area contributed by atoms with E-state index in [9.17, 15) is 4.79 Å². The highest BCUT2D eigenvalue weighted by atomic mass is 16.7. The minimum absolute atomic E-state index is 0.441. The number of para-hydroxylation sites is 1. The van der Waals surface area contributed by atoms with Crippen molar-refractivity contribution in [1.29, 1.82) is 0 Å². The number of carbonyl (C=O) groups excluding carboxylic acids is 1. The molecule has 0 atom stereocenters. The number of hydrogen-bond donors (Lipinski definition) is 1. The minimum Gasteiger partial charge on any atom is -0.399 e. The quantitative estimate of drug-likeness (QED) is 0.448. The van der Waals surface area contributed by atoms with Crippen LogP contribution >= 0.6 is 0 Å². The molecule has 3 aromatic rings. The number of nitrogen functional groups attached to an aromatic ring is 1. The van der Waals surface area contributed by atoms with E-state index in [1.54, 1.807) is 12.1 Å². The zero-order chi connectivity index (χ0) is 16.7. The Morgan fingerprint density at radius 2 is 1.88 bits per heavy atom. The van der Waals surface area contributed by atoms with Crippen LogP contribution in [0.25, 0.3) is 17.0 Å². The van der Waals surface area contributed by atoms with Crippen molar-refractivity contribution in [3.63, 3.8) is 0 Å². The third kappa shape index (κ3) is 2.27. The lowest BCUT2D eigenvalue weighted by Crippen LogP contribution is -2.06. The molecule has 1 aliphatic heterocycles. The first-order valence-electron chi connectivity index (χ1n) is 7.55. The zero-order valence-corrected chi connectivity index (χ0v) is 13.1. The number of nitrogens with two attached hydrogens (primary N) is 1. The fraction of sp³-hybridized carbons (Fsp3) is 0.0526. The molecule has 0 radical (unpaired) electrons. The number of fused-ring (bicyclic) bond motifs is 1. The van der Waals surface area contributed by atoms with Gasteiger partial charge in [0.05, 0.1) is 5.57 Å². The zero-order valence-electron chi connectivity index (χ0n) is 13.1. The lowest BCUT2D eigenvalue weighted by Gasteiger charge is -2.01. The van der Waals surface area contributed by atoms with Gasteiger partial charge in [-0.15, -0.1) is 0 Å². The molecule has 0 spiro atoms. The Morgan fingerprint density at radius 1 is 1.12 bits per heavy atom. The summed E-state index contributed by atoms with van der Waals surface area (Å²) in [6.07, 6.45) is 3.82. The van der Waals surface area contributed by atoms with Crippen molar-refractivity contribution in [2.24, 2.45) is 12.2 Å². The summed E-state index contributed by atoms with van der Waals surface area (Å²) in [6.45, 7) is 0. The Morgan fingerprint density at radius 3 is 2.67 bits per heavy atom. The summed E-state index contributed by atoms with van der Waals surface area (Å²) in [5, 5.41) is 5.01. The van der Waals surface area contributed by atoms with E-state index >= 15 is 0 Å². The number of rotatable bonds is 2. The molecular weight excluding hydrogens is 302 g/mol. The molecule has 0 saturated carbocycles. The van der Waals surface area contributed by atoms with Crippen LogP contribution in [0.4, 0.5) is 5.69 Å². The molecule has 0 bridgehead atoms. The summed E-state index contributed by atoms with van der Waals surface area (Å²) < 4.78 is 2.03. The Bertz CT molecular complexity index is 1010. The first-order valence-corrected chi connectivity index (χ1v) is 7.55. The van der Waals surface area contributed by atoms with E-state index in [1.165, 1.54) is 0 Å². The van der Waals surface area contributed by atoms with Gasteiger partial charge in [-0.25, -0.2) is 4.79 Å². The van der Waals surface area contributed by atoms with Crippen LogP contribution < -0.4 is 5.73 Å². The number of oxime groups is 1. The Balaban J connectivity index is 1.83. The third-order valence-electron chi connectivity index (χ3n) is 4.11. The van der Waals surface area contributed by atoms with Crippen LogP contribution in [0.1, 0.15) is 11.1 Å². The number of aromatic nitrogens is 1. The number of hydrogen-bond acceptors (Lipinski definition) is 4. The molecule has 0 saturated heterocycles. The SMILES string of the molecule is Cn1cc(C=C2C(=O)ON=C2c2ccc(N)cc2)c2ccccc21. The van der Waals surface area contributed by atoms with Gasteiger partial charge in [0.2, 0.25) is 0 Å². The molecule has 0 unspecified atom stereocenters. The van der Waals surface area contributed by atoms with E-state index in [1.807, 2.05) is 60.3 Å². The van der Waals surface area contributed by atoms with E-state index in [0.29, 0.717) is 17.0 Å². The number of anilines is 1. The second-order valence-electron chi connectivity index (χ2n) is 5.71. The summed E-state index contributed by atoms with van der Waals surface area (Å²) in [5.41, 5.74) is 10.2. The van der Waals surface area contributed by atoms with Crippen molar-refractivity contribution in [3.05, 3.63) is 71.4 Å². The first-order chi connectivity index (χ1) is 11.6. The summed E-state index contributed by atoms with van der Waals surface area (Å²) in [6, 6.07) is 15.2. The van der Waals surface area contributed by atoms with E-state index in [0.717, 1.165) is 22.0 Å². The molecule has 4 rings (SSSR count). The van der Waals surface area contributed by atoms with Gasteiger partial charge in [0.15, 0.2) is 0 Å². The Hall–Kier alpha value is -3.34. The van der Waals surface area contributed by atoms with Crippen LogP contribution in [-0.4, -0.2) is 16.2 Å². The lowest BCUT2D eigenvalue weighted by atomic mass is 10.0. The monoisotopic (exact) mass is 317 g/mol. The highest BCUT2D eigenvalue weighted by Gasteiger charge is 2.27. The fourth-order valence-electron chi connectivity index (χ4n) is 2.90. The standard InChI is InChI=1S/C19H15N3O2/c1-22-11-13(15-4-2-3-5-17(15)22)10-16-18(21-24-19(16)23)12-6-8-14(20)9-7-12/h2-11H,20H2,1H3. The van der Waals surface area contributed by atoms with Gasteiger partial charge in [-0.1, -0.05) is 35.5 Å². The largest absolute Gasteiger partial charge is 0.399 e. The van der Waals surface area contributed by atoms with Crippen molar-refractivity contribution < 1.29 is 9.63 Å². The van der Waals surface area contributed by atoms with Crippen LogP contribution in [0.15, 0.2) is 65.5 Å². The highest BCUT2D eigenvalue weighted by molar-refractivity contribution is 6.31. The van der Waals surface area contributed by atoms with Gasteiger partial charge in [-0.3, -0.25) is 0 Å². The number of aryl methyl sites for hydroxylation is 1. The maximum absolute atomic E-state index is 12.1. The van der Waals surface area contributed by atoms with Crippen molar-refractivity contribution in [2.45, 2.75) is 0 Å². The maximum atomic E-state index is 12.1. The smallest absolute Gasteiger partial charge is 0.368 e. The molecule has 1 aliphatic rings. The molecule has 1 aromatic heterocycles. The highest BCUT2D eigenvalue weighted by Crippen LogP contribution is 2.26. The van der Waals surface area contributed by atoms with Crippen molar-refractivity contribution >= 4 is 34.3 Å². The molecule has 2 heterocycles. The molecule has 0 amide bonds. The second-order valence-corrected chi connectivity index (χ2v) is 5.71. The molecule has 118 valence electrons. The third-order valence-corrected chi connectivity index (χ3v) is 4.11. The molecule has 2 aromatic carbocycles. The van der Waals surface area contributed by atoms with Crippen LogP contribution in [-0.2, 0) is 16.7 Å². The summed E-state index contributed by atoms with van der Waals surface area (Å²) in [4.78, 5) is 17.0. The summed E-state index contributed by atoms with van der Waals surface area (Å²) in [7, 11) is 1.98. The normalized spacial score (nSPS) is 15.8. The maximum Gasteiger partial charge on any atom is 0.368 e. The molecule has 5 nitrogen and oxygen atoms in total. The van der Waals surface area contributed by atoms with Crippen molar-refractivity contribution in [2.75, 3.05) is 5.73 Å². The van der Waals surface area contributed by atoms with E-state index < -0.39 is 5.97 Å². The average molecular weight is 317 g/mol. The predicted octanol–water partition coefficient (Wildman–Crippen LogP) is 3.11. The molecular formula is C19H15N3O2. The van der Waals surface area contributed by atoms with E-state index in [-0.39, 0.29) is 0 Å². The number of nitrogens with zero attached hydrogens (tertiary/aromatic N) is 2. The lowest BCUT2D eigenvalue weighted by molar-refractivity contribution is -0.136. The van der Waals surface area contributed by atoms with Gasteiger partial charge in [0.1, 0.15) is 5.71 Å². The van der Waals surface area contributed by atoms with Crippen molar-refractivity contribution in [3.8, 4) is 0 Å². The van der Waals surface area contributed by atoms with Gasteiger partial charge >= 0.3 is 5.97 Å². The first kappa shape index (κ1) is 14.3. The molecule has 2 N–H and O–H groups in total. The van der Waals surface area contributed by atoms with Gasteiger partial charge in [-0.2, -0.15) is 0 Å².